The van der Waals surface area contributed by atoms with Crippen LogP contribution in [0.3, 0.4) is 0 Å². The van der Waals surface area contributed by atoms with Crippen molar-refractivity contribution in [2.45, 2.75) is 58.8 Å². The number of unbranched alkanes of at least 4 members (excludes halogenated alkanes) is 6. The number of hydrogen-bond acceptors (Lipinski definition) is 4. The summed E-state index contributed by atoms with van der Waals surface area (Å²) in [5, 5.41) is 31.8. The highest BCUT2D eigenvalue weighted by atomic mass is 16.4. The molecule has 0 aliphatic rings. The van der Waals surface area contributed by atoms with E-state index in [1.165, 1.54) is 25.7 Å². The zero-order chi connectivity index (χ0) is 16.9. The Labute approximate surface area is 127 Å². The van der Waals surface area contributed by atoms with Gasteiger partial charge in [-0.25, -0.2) is 0 Å². The van der Waals surface area contributed by atoms with Crippen LogP contribution in [0.1, 0.15) is 58.8 Å². The lowest BCUT2D eigenvalue weighted by Crippen LogP contribution is -1.83. The third-order valence-electron chi connectivity index (χ3n) is 2.05. The average Bonchev–Trinajstić information content (AvgIpc) is 2.35. The van der Waals surface area contributed by atoms with E-state index in [-0.39, 0.29) is 6.61 Å². The Bertz CT molecular complexity index is 231. The fourth-order valence-corrected chi connectivity index (χ4v) is 1.27. The van der Waals surface area contributed by atoms with E-state index in [1.807, 2.05) is 6.08 Å². The van der Waals surface area contributed by atoms with Gasteiger partial charge in [-0.05, 0) is 19.3 Å². The number of rotatable bonds is 9. The summed E-state index contributed by atoms with van der Waals surface area (Å²) in [5.74, 6) is -1.67. The number of carbonyl (C=O) groups is 2. The van der Waals surface area contributed by atoms with E-state index in [0.29, 0.717) is 6.61 Å². The van der Waals surface area contributed by atoms with Crippen molar-refractivity contribution >= 4 is 11.9 Å². The minimum Gasteiger partial charge on any atom is -0.481 e. The Morgan fingerprint density at radius 3 is 1.52 bits per heavy atom. The second kappa shape index (κ2) is 23.7. The van der Waals surface area contributed by atoms with Crippen LogP contribution in [0.15, 0.2) is 12.2 Å². The Hall–Kier alpha value is -1.40. The van der Waals surface area contributed by atoms with Gasteiger partial charge in [0.25, 0.3) is 11.9 Å². The van der Waals surface area contributed by atoms with Gasteiger partial charge in [-0.15, -0.1) is 0 Å². The lowest BCUT2D eigenvalue weighted by molar-refractivity contribution is -0.135. The molecule has 0 aliphatic heterocycles. The van der Waals surface area contributed by atoms with Gasteiger partial charge in [0.15, 0.2) is 0 Å². The molecule has 0 saturated carbocycles. The molecule has 6 nitrogen and oxygen atoms in total. The average molecular weight is 306 g/mol. The van der Waals surface area contributed by atoms with Crippen LogP contribution in [0, 0.1) is 0 Å². The Morgan fingerprint density at radius 1 is 0.762 bits per heavy atom. The van der Waals surface area contributed by atoms with Crippen LogP contribution >= 0.6 is 0 Å². The quantitative estimate of drug-likeness (QED) is 0.384. The normalized spacial score (nSPS) is 9.33. The summed E-state index contributed by atoms with van der Waals surface area (Å²) >= 11 is 0. The summed E-state index contributed by atoms with van der Waals surface area (Å²) < 4.78 is 0. The molecule has 0 radical (unpaired) electrons. The summed E-state index contributed by atoms with van der Waals surface area (Å²) in [6.07, 6.45) is 12.0. The minimum absolute atomic E-state index is 0.163. The molecular weight excluding hydrogens is 276 g/mol. The number of aliphatic hydroxyl groups excluding tert-OH is 2. The highest BCUT2D eigenvalue weighted by Crippen LogP contribution is 2.06. The molecule has 0 bridgehead atoms. The van der Waals surface area contributed by atoms with Gasteiger partial charge in [0.2, 0.25) is 0 Å². The molecule has 0 fully saturated rings. The molecule has 0 rings (SSSR count). The Balaban J connectivity index is -0.000000334. The van der Waals surface area contributed by atoms with Gasteiger partial charge >= 0.3 is 0 Å². The van der Waals surface area contributed by atoms with Crippen molar-refractivity contribution in [1.82, 2.24) is 0 Å². The molecule has 126 valence electrons. The molecule has 0 aromatic heterocycles. The number of carboxylic acid groups (broad SMARTS) is 2. The highest BCUT2D eigenvalue weighted by molar-refractivity contribution is 5.63. The lowest BCUT2D eigenvalue weighted by atomic mass is 10.1. The molecule has 0 amide bonds. The first kappa shape index (κ1) is 24.6. The molecule has 0 aromatic rings. The van der Waals surface area contributed by atoms with Crippen molar-refractivity contribution in [2.24, 2.45) is 0 Å². The molecule has 0 saturated heterocycles. The highest BCUT2D eigenvalue weighted by Gasteiger charge is 1.89. The molecule has 0 aliphatic carbocycles. The first-order chi connectivity index (χ1) is 9.88. The van der Waals surface area contributed by atoms with Crippen LogP contribution in [0.25, 0.3) is 0 Å². The molecule has 6 heteroatoms. The van der Waals surface area contributed by atoms with Crippen molar-refractivity contribution in [3.8, 4) is 0 Å². The summed E-state index contributed by atoms with van der Waals surface area (Å²) in [7, 11) is 0. The van der Waals surface area contributed by atoms with Crippen molar-refractivity contribution in [3.05, 3.63) is 12.2 Å². The SMILES string of the molecule is CC(=O)O.CC(=O)O.OCC=CCCCCCCCCO. The van der Waals surface area contributed by atoms with Gasteiger partial charge in [-0.2, -0.15) is 0 Å². The predicted molar refractivity (Wildman–Crippen MR) is 82.3 cm³/mol. The van der Waals surface area contributed by atoms with E-state index in [1.54, 1.807) is 6.08 Å². The van der Waals surface area contributed by atoms with Crippen molar-refractivity contribution in [2.75, 3.05) is 13.2 Å². The van der Waals surface area contributed by atoms with Crippen LogP contribution in [-0.4, -0.2) is 45.6 Å². The van der Waals surface area contributed by atoms with E-state index in [4.69, 9.17) is 30.0 Å². The summed E-state index contributed by atoms with van der Waals surface area (Å²) in [4.78, 5) is 18.0. The third kappa shape index (κ3) is 69.3. The first-order valence-corrected chi connectivity index (χ1v) is 7.14. The molecule has 0 unspecified atom stereocenters. The van der Waals surface area contributed by atoms with Gasteiger partial charge in [-0.3, -0.25) is 9.59 Å². The Morgan fingerprint density at radius 2 is 1.14 bits per heavy atom. The van der Waals surface area contributed by atoms with Crippen LogP contribution in [0.5, 0.6) is 0 Å². The summed E-state index contributed by atoms with van der Waals surface area (Å²) in [6.45, 7) is 2.66. The predicted octanol–water partition coefficient (Wildman–Crippen LogP) is 2.44. The largest absolute Gasteiger partial charge is 0.481 e. The fourth-order valence-electron chi connectivity index (χ4n) is 1.27. The van der Waals surface area contributed by atoms with E-state index in [9.17, 15) is 0 Å². The number of hydrogen-bond donors (Lipinski definition) is 4. The standard InChI is InChI=1S/C11H22O2.2C2H4O2/c12-10-8-6-4-2-1-3-5-7-9-11-13;2*1-2(3)4/h6,8,12-13H,1-5,7,9-11H2;2*1H3,(H,3,4). The van der Waals surface area contributed by atoms with E-state index < -0.39 is 11.9 Å². The zero-order valence-corrected chi connectivity index (χ0v) is 13.1. The zero-order valence-electron chi connectivity index (χ0n) is 13.1. The molecule has 4 N–H and O–H groups in total. The lowest BCUT2D eigenvalue weighted by Gasteiger charge is -1.98. The van der Waals surface area contributed by atoms with Crippen LogP contribution < -0.4 is 0 Å². The molecular formula is C15H30O6. The maximum Gasteiger partial charge on any atom is 0.300 e. The number of aliphatic hydroxyl groups is 2. The van der Waals surface area contributed by atoms with Crippen LogP contribution in [0.2, 0.25) is 0 Å². The van der Waals surface area contributed by atoms with Crippen molar-refractivity contribution in [1.29, 1.82) is 0 Å². The van der Waals surface area contributed by atoms with Crippen LogP contribution in [-0.2, 0) is 9.59 Å². The molecule has 21 heavy (non-hydrogen) atoms. The van der Waals surface area contributed by atoms with E-state index in [0.717, 1.165) is 33.1 Å². The summed E-state index contributed by atoms with van der Waals surface area (Å²) in [5.41, 5.74) is 0. The number of carboxylic acids is 2. The van der Waals surface area contributed by atoms with Gasteiger partial charge in [0.05, 0.1) is 6.61 Å². The minimum atomic E-state index is -0.833. The molecule has 0 heterocycles. The smallest absolute Gasteiger partial charge is 0.300 e. The fraction of sp³-hybridized carbons (Fsp3) is 0.733. The first-order valence-electron chi connectivity index (χ1n) is 7.14. The maximum atomic E-state index is 9.00. The number of allylic oxidation sites excluding steroid dienone is 1. The second-order valence-corrected chi connectivity index (χ2v) is 4.33. The van der Waals surface area contributed by atoms with Gasteiger partial charge in [0, 0.05) is 20.5 Å². The van der Waals surface area contributed by atoms with Crippen LogP contribution in [0.4, 0.5) is 0 Å². The second-order valence-electron chi connectivity index (χ2n) is 4.33. The van der Waals surface area contributed by atoms with Gasteiger partial charge in [-0.1, -0.05) is 37.8 Å². The van der Waals surface area contributed by atoms with Crippen molar-refractivity contribution < 1.29 is 30.0 Å². The topological polar surface area (TPSA) is 115 Å². The van der Waals surface area contributed by atoms with Crippen molar-refractivity contribution in [3.63, 3.8) is 0 Å². The monoisotopic (exact) mass is 306 g/mol. The maximum absolute atomic E-state index is 9.00. The van der Waals surface area contributed by atoms with Gasteiger partial charge < -0.3 is 20.4 Å². The van der Waals surface area contributed by atoms with E-state index >= 15 is 0 Å². The molecule has 0 atom stereocenters. The Kier molecular flexibility index (Phi) is 27.7. The third-order valence-corrected chi connectivity index (χ3v) is 2.05. The number of aliphatic carboxylic acids is 2. The van der Waals surface area contributed by atoms with Gasteiger partial charge in [0.1, 0.15) is 0 Å². The van der Waals surface area contributed by atoms with E-state index in [2.05, 4.69) is 0 Å². The molecule has 0 aromatic carbocycles. The summed E-state index contributed by atoms with van der Waals surface area (Å²) in [6, 6.07) is 0. The molecule has 0 spiro atoms.